The van der Waals surface area contributed by atoms with E-state index in [0.717, 1.165) is 27.7 Å². The quantitative estimate of drug-likeness (QED) is 0.701. The molecule has 0 unspecified atom stereocenters. The highest BCUT2D eigenvalue weighted by molar-refractivity contribution is 6.30. The van der Waals surface area contributed by atoms with Gasteiger partial charge in [0.15, 0.2) is 5.82 Å². The van der Waals surface area contributed by atoms with Crippen molar-refractivity contribution in [3.63, 3.8) is 0 Å². The average Bonchev–Trinajstić information content (AvgIpc) is 3.16. The molecule has 4 nitrogen and oxygen atoms in total. The first kappa shape index (κ1) is 16.0. The van der Waals surface area contributed by atoms with E-state index >= 15 is 0 Å². The molecule has 0 radical (unpaired) electrons. The maximum Gasteiger partial charge on any atom is 0.163 e. The number of rotatable bonds is 4. The molecule has 5 heteroatoms. The summed E-state index contributed by atoms with van der Waals surface area (Å²) in [5.41, 5.74) is 2.81. The zero-order valence-electron chi connectivity index (χ0n) is 13.8. The fourth-order valence-electron chi connectivity index (χ4n) is 3.19. The van der Waals surface area contributed by atoms with Gasteiger partial charge in [-0.25, -0.2) is 9.97 Å². The Balaban J connectivity index is 1.75. The largest absolute Gasteiger partial charge is 0.367 e. The first-order valence-corrected chi connectivity index (χ1v) is 8.98. The van der Waals surface area contributed by atoms with Crippen molar-refractivity contribution in [2.75, 3.05) is 5.32 Å². The van der Waals surface area contributed by atoms with Gasteiger partial charge in [-0.1, -0.05) is 36.6 Å². The van der Waals surface area contributed by atoms with Crippen LogP contribution in [0.1, 0.15) is 25.7 Å². The standard InChI is InChI=1S/C20H19ClN4/c21-16-9-7-14(8-10-16)18-12-19(23-17-5-1-2-6-17)25-20(24-18)15-4-3-11-22-13-15/h3-4,7-13,17H,1-2,5-6H2,(H,23,24,25). The van der Waals surface area contributed by atoms with E-state index in [2.05, 4.69) is 10.3 Å². The van der Waals surface area contributed by atoms with E-state index in [1.165, 1.54) is 25.7 Å². The smallest absolute Gasteiger partial charge is 0.163 e. The van der Waals surface area contributed by atoms with Crippen molar-refractivity contribution >= 4 is 17.4 Å². The van der Waals surface area contributed by atoms with Gasteiger partial charge in [0, 0.05) is 40.7 Å². The predicted octanol–water partition coefficient (Wildman–Crippen LogP) is 5.21. The van der Waals surface area contributed by atoms with Gasteiger partial charge in [-0.05, 0) is 37.1 Å². The van der Waals surface area contributed by atoms with E-state index in [0.29, 0.717) is 11.9 Å². The number of hydrogen-bond donors (Lipinski definition) is 1. The van der Waals surface area contributed by atoms with Crippen molar-refractivity contribution in [3.05, 3.63) is 59.9 Å². The molecule has 0 spiro atoms. The van der Waals surface area contributed by atoms with Gasteiger partial charge >= 0.3 is 0 Å². The Kier molecular flexibility index (Phi) is 4.61. The van der Waals surface area contributed by atoms with Crippen molar-refractivity contribution < 1.29 is 0 Å². The van der Waals surface area contributed by atoms with Gasteiger partial charge in [0.2, 0.25) is 0 Å². The minimum absolute atomic E-state index is 0.495. The van der Waals surface area contributed by atoms with E-state index in [-0.39, 0.29) is 0 Å². The molecule has 2 heterocycles. The molecule has 1 fully saturated rings. The molecule has 25 heavy (non-hydrogen) atoms. The van der Waals surface area contributed by atoms with Crippen LogP contribution in [0.3, 0.4) is 0 Å². The second kappa shape index (κ2) is 7.19. The van der Waals surface area contributed by atoms with Crippen LogP contribution in [-0.2, 0) is 0 Å². The van der Waals surface area contributed by atoms with E-state index in [9.17, 15) is 0 Å². The maximum absolute atomic E-state index is 6.02. The van der Waals surface area contributed by atoms with Crippen molar-refractivity contribution in [3.8, 4) is 22.6 Å². The van der Waals surface area contributed by atoms with Crippen molar-refractivity contribution in [2.24, 2.45) is 0 Å². The molecule has 1 saturated carbocycles. The van der Waals surface area contributed by atoms with Crippen molar-refractivity contribution in [1.82, 2.24) is 15.0 Å². The highest BCUT2D eigenvalue weighted by Crippen LogP contribution is 2.27. The number of anilines is 1. The molecule has 0 atom stereocenters. The number of pyridine rings is 1. The Labute approximate surface area is 152 Å². The molecule has 1 aliphatic carbocycles. The lowest BCUT2D eigenvalue weighted by Crippen LogP contribution is -2.16. The summed E-state index contributed by atoms with van der Waals surface area (Å²) in [6.07, 6.45) is 8.50. The first-order valence-electron chi connectivity index (χ1n) is 8.60. The monoisotopic (exact) mass is 350 g/mol. The third-order valence-electron chi connectivity index (χ3n) is 4.49. The summed E-state index contributed by atoms with van der Waals surface area (Å²) in [7, 11) is 0. The number of aromatic nitrogens is 3. The Bertz CT molecular complexity index is 843. The lowest BCUT2D eigenvalue weighted by molar-refractivity contribution is 0.750. The minimum Gasteiger partial charge on any atom is -0.367 e. The summed E-state index contributed by atoms with van der Waals surface area (Å²) in [6, 6.07) is 14.1. The van der Waals surface area contributed by atoms with Crippen LogP contribution < -0.4 is 5.32 Å². The van der Waals surface area contributed by atoms with Crippen LogP contribution >= 0.6 is 11.6 Å². The van der Waals surface area contributed by atoms with E-state index < -0.39 is 0 Å². The lowest BCUT2D eigenvalue weighted by Gasteiger charge is -2.15. The van der Waals surface area contributed by atoms with Gasteiger partial charge in [0.05, 0.1) is 5.69 Å². The zero-order chi connectivity index (χ0) is 17.1. The third kappa shape index (κ3) is 3.80. The summed E-state index contributed by atoms with van der Waals surface area (Å²) in [6.45, 7) is 0. The van der Waals surface area contributed by atoms with Gasteiger partial charge in [-0.2, -0.15) is 0 Å². The normalized spacial score (nSPS) is 14.6. The summed E-state index contributed by atoms with van der Waals surface area (Å²) in [5.74, 6) is 1.55. The zero-order valence-corrected chi connectivity index (χ0v) is 14.6. The number of nitrogens with zero attached hydrogens (tertiary/aromatic N) is 3. The number of hydrogen-bond acceptors (Lipinski definition) is 4. The third-order valence-corrected chi connectivity index (χ3v) is 4.75. The predicted molar refractivity (Wildman–Crippen MR) is 102 cm³/mol. The Hall–Kier alpha value is -2.46. The van der Waals surface area contributed by atoms with Crippen LogP contribution in [-0.4, -0.2) is 21.0 Å². The Morgan fingerprint density at radius 1 is 0.960 bits per heavy atom. The summed E-state index contributed by atoms with van der Waals surface area (Å²) < 4.78 is 0. The van der Waals surface area contributed by atoms with E-state index in [1.807, 2.05) is 42.5 Å². The van der Waals surface area contributed by atoms with Gasteiger partial charge in [-0.15, -0.1) is 0 Å². The number of nitrogens with one attached hydrogen (secondary N) is 1. The van der Waals surface area contributed by atoms with Crippen LogP contribution in [0.5, 0.6) is 0 Å². The average molecular weight is 351 g/mol. The number of benzene rings is 1. The van der Waals surface area contributed by atoms with Crippen LogP contribution in [0, 0.1) is 0 Å². The molecular formula is C20H19ClN4. The lowest BCUT2D eigenvalue weighted by atomic mass is 10.1. The Morgan fingerprint density at radius 2 is 1.76 bits per heavy atom. The molecular weight excluding hydrogens is 332 g/mol. The highest BCUT2D eigenvalue weighted by atomic mass is 35.5. The fourth-order valence-corrected chi connectivity index (χ4v) is 3.32. The molecule has 0 saturated heterocycles. The van der Waals surface area contributed by atoms with Gasteiger partial charge in [0.1, 0.15) is 5.82 Å². The van der Waals surface area contributed by atoms with Crippen LogP contribution in [0.15, 0.2) is 54.9 Å². The van der Waals surface area contributed by atoms with E-state index in [4.69, 9.17) is 21.6 Å². The molecule has 126 valence electrons. The number of halogens is 1. The van der Waals surface area contributed by atoms with E-state index in [1.54, 1.807) is 12.4 Å². The SMILES string of the molecule is Clc1ccc(-c2cc(NC3CCCC3)nc(-c3cccnc3)n2)cc1. The molecule has 0 aliphatic heterocycles. The molecule has 3 aromatic rings. The summed E-state index contributed by atoms with van der Waals surface area (Å²) in [4.78, 5) is 13.7. The van der Waals surface area contributed by atoms with Crippen LogP contribution in [0.2, 0.25) is 5.02 Å². The molecule has 1 aromatic carbocycles. The molecule has 4 rings (SSSR count). The second-order valence-electron chi connectivity index (χ2n) is 6.34. The molecule has 1 aliphatic rings. The Morgan fingerprint density at radius 3 is 2.48 bits per heavy atom. The fraction of sp³-hybridized carbons (Fsp3) is 0.250. The summed E-state index contributed by atoms with van der Waals surface area (Å²) >= 11 is 6.02. The van der Waals surface area contributed by atoms with Gasteiger partial charge in [-0.3, -0.25) is 4.98 Å². The molecule has 0 bridgehead atoms. The van der Waals surface area contributed by atoms with Crippen LogP contribution in [0.4, 0.5) is 5.82 Å². The summed E-state index contributed by atoms with van der Waals surface area (Å²) in [5, 5.41) is 4.29. The van der Waals surface area contributed by atoms with Gasteiger partial charge < -0.3 is 5.32 Å². The van der Waals surface area contributed by atoms with Crippen molar-refractivity contribution in [1.29, 1.82) is 0 Å². The van der Waals surface area contributed by atoms with Crippen LogP contribution in [0.25, 0.3) is 22.6 Å². The highest BCUT2D eigenvalue weighted by Gasteiger charge is 2.16. The second-order valence-corrected chi connectivity index (χ2v) is 6.77. The first-order chi connectivity index (χ1) is 12.3. The minimum atomic E-state index is 0.495. The molecule has 1 N–H and O–H groups in total. The maximum atomic E-state index is 6.02. The van der Waals surface area contributed by atoms with Crippen molar-refractivity contribution in [2.45, 2.75) is 31.7 Å². The molecule has 2 aromatic heterocycles. The topological polar surface area (TPSA) is 50.7 Å². The molecule has 0 amide bonds. The van der Waals surface area contributed by atoms with Gasteiger partial charge in [0.25, 0.3) is 0 Å².